The van der Waals surface area contributed by atoms with Crippen molar-refractivity contribution < 1.29 is 4.39 Å². The molecule has 1 aromatic heterocycles. The number of nitrogens with zero attached hydrogens (tertiary/aromatic N) is 2. The van der Waals surface area contributed by atoms with E-state index in [9.17, 15) is 4.39 Å². The van der Waals surface area contributed by atoms with Gasteiger partial charge in [-0.3, -0.25) is 0 Å². The Morgan fingerprint density at radius 3 is 2.89 bits per heavy atom. The molecule has 0 atom stereocenters. The molecule has 0 aliphatic heterocycles. The molecule has 4 heteroatoms. The van der Waals surface area contributed by atoms with Crippen molar-refractivity contribution in [3.63, 3.8) is 0 Å². The van der Waals surface area contributed by atoms with Gasteiger partial charge in [0, 0.05) is 12.2 Å². The lowest BCUT2D eigenvalue weighted by Gasteiger charge is -2.14. The van der Waals surface area contributed by atoms with Crippen LogP contribution >= 0.6 is 0 Å². The molecular formula is C14H16FN3. The van der Waals surface area contributed by atoms with Crippen LogP contribution in [0.5, 0.6) is 0 Å². The third-order valence-corrected chi connectivity index (χ3v) is 3.54. The molecule has 0 unspecified atom stereocenters. The molecule has 1 aliphatic carbocycles. The SMILES string of the molecule is NCc1ccc(-n2cnc3c2CCCC3)c(F)c1. The van der Waals surface area contributed by atoms with E-state index in [4.69, 9.17) is 5.73 Å². The summed E-state index contributed by atoms with van der Waals surface area (Å²) in [6.07, 6.45) is 6.05. The van der Waals surface area contributed by atoms with Gasteiger partial charge in [-0.15, -0.1) is 0 Å². The Labute approximate surface area is 105 Å². The normalized spacial score (nSPS) is 14.6. The van der Waals surface area contributed by atoms with E-state index in [0.717, 1.165) is 36.2 Å². The quantitative estimate of drug-likeness (QED) is 0.882. The summed E-state index contributed by atoms with van der Waals surface area (Å²) in [6.45, 7) is 0.360. The maximum Gasteiger partial charge on any atom is 0.147 e. The number of hydrogen-bond acceptors (Lipinski definition) is 2. The van der Waals surface area contributed by atoms with E-state index in [0.29, 0.717) is 12.2 Å². The van der Waals surface area contributed by atoms with Crippen molar-refractivity contribution in [1.29, 1.82) is 0 Å². The zero-order chi connectivity index (χ0) is 12.5. The van der Waals surface area contributed by atoms with Crippen molar-refractivity contribution in [2.75, 3.05) is 0 Å². The first-order chi connectivity index (χ1) is 8.79. The Morgan fingerprint density at radius 1 is 1.28 bits per heavy atom. The molecule has 0 bridgehead atoms. The Morgan fingerprint density at radius 2 is 2.11 bits per heavy atom. The average Bonchev–Trinajstić information content (AvgIpc) is 2.82. The summed E-state index contributed by atoms with van der Waals surface area (Å²) in [5.41, 5.74) is 9.16. The minimum Gasteiger partial charge on any atom is -0.326 e. The number of aromatic nitrogens is 2. The Kier molecular flexibility index (Phi) is 2.88. The summed E-state index contributed by atoms with van der Waals surface area (Å²) in [6, 6.07) is 5.16. The minimum atomic E-state index is -0.233. The summed E-state index contributed by atoms with van der Waals surface area (Å²) >= 11 is 0. The number of fused-ring (bicyclic) bond motifs is 1. The van der Waals surface area contributed by atoms with Crippen LogP contribution < -0.4 is 5.73 Å². The largest absolute Gasteiger partial charge is 0.326 e. The lowest BCUT2D eigenvalue weighted by Crippen LogP contribution is -2.08. The molecule has 1 aromatic carbocycles. The van der Waals surface area contributed by atoms with Crippen LogP contribution in [0.4, 0.5) is 4.39 Å². The number of benzene rings is 1. The molecule has 1 heterocycles. The first-order valence-electron chi connectivity index (χ1n) is 6.33. The second-order valence-corrected chi connectivity index (χ2v) is 4.70. The molecule has 3 rings (SSSR count). The summed E-state index contributed by atoms with van der Waals surface area (Å²) in [5, 5.41) is 0. The second-order valence-electron chi connectivity index (χ2n) is 4.70. The van der Waals surface area contributed by atoms with Gasteiger partial charge in [-0.05, 0) is 43.4 Å². The van der Waals surface area contributed by atoms with E-state index >= 15 is 0 Å². The highest BCUT2D eigenvalue weighted by molar-refractivity contribution is 5.39. The molecule has 18 heavy (non-hydrogen) atoms. The van der Waals surface area contributed by atoms with E-state index in [1.807, 2.05) is 10.6 Å². The van der Waals surface area contributed by atoms with Crippen LogP contribution in [0, 0.1) is 5.82 Å². The predicted octanol–water partition coefficient (Wildman–Crippen LogP) is 2.35. The molecule has 2 aromatic rings. The molecule has 0 spiro atoms. The number of halogens is 1. The molecule has 0 radical (unpaired) electrons. The van der Waals surface area contributed by atoms with Crippen molar-refractivity contribution in [3.05, 3.63) is 47.3 Å². The topological polar surface area (TPSA) is 43.8 Å². The number of aryl methyl sites for hydroxylation is 1. The number of nitrogens with two attached hydrogens (primary N) is 1. The Bertz CT molecular complexity index is 574. The Hall–Kier alpha value is -1.68. The van der Waals surface area contributed by atoms with Crippen LogP contribution in [-0.2, 0) is 19.4 Å². The van der Waals surface area contributed by atoms with E-state index in [1.165, 1.54) is 12.5 Å². The van der Waals surface area contributed by atoms with E-state index < -0.39 is 0 Å². The summed E-state index contributed by atoms with van der Waals surface area (Å²) < 4.78 is 15.9. The highest BCUT2D eigenvalue weighted by Gasteiger charge is 2.17. The maximum atomic E-state index is 14.1. The van der Waals surface area contributed by atoms with Crippen molar-refractivity contribution in [2.45, 2.75) is 32.2 Å². The van der Waals surface area contributed by atoms with Crippen molar-refractivity contribution in [3.8, 4) is 5.69 Å². The molecular weight excluding hydrogens is 229 g/mol. The number of imidazole rings is 1. The molecule has 0 saturated carbocycles. The second kappa shape index (κ2) is 4.53. The highest BCUT2D eigenvalue weighted by Crippen LogP contribution is 2.24. The van der Waals surface area contributed by atoms with Crippen LogP contribution in [0.25, 0.3) is 5.69 Å². The molecule has 3 nitrogen and oxygen atoms in total. The van der Waals surface area contributed by atoms with Crippen molar-refractivity contribution >= 4 is 0 Å². The fourth-order valence-electron chi connectivity index (χ4n) is 2.55. The zero-order valence-electron chi connectivity index (χ0n) is 10.2. The minimum absolute atomic E-state index is 0.233. The fourth-order valence-corrected chi connectivity index (χ4v) is 2.55. The fraction of sp³-hybridized carbons (Fsp3) is 0.357. The van der Waals surface area contributed by atoms with Crippen molar-refractivity contribution in [2.24, 2.45) is 5.73 Å². The van der Waals surface area contributed by atoms with Crippen LogP contribution in [0.2, 0.25) is 0 Å². The molecule has 94 valence electrons. The third-order valence-electron chi connectivity index (χ3n) is 3.54. The lowest BCUT2D eigenvalue weighted by atomic mass is 10.0. The maximum absolute atomic E-state index is 14.1. The van der Waals surface area contributed by atoms with Gasteiger partial charge in [-0.2, -0.15) is 0 Å². The first kappa shape index (κ1) is 11.4. The monoisotopic (exact) mass is 245 g/mol. The van der Waals surface area contributed by atoms with Crippen LogP contribution in [0.3, 0.4) is 0 Å². The zero-order valence-corrected chi connectivity index (χ0v) is 10.2. The van der Waals surface area contributed by atoms with Crippen LogP contribution in [-0.4, -0.2) is 9.55 Å². The number of rotatable bonds is 2. The van der Waals surface area contributed by atoms with Crippen LogP contribution in [0.1, 0.15) is 29.8 Å². The van der Waals surface area contributed by atoms with Gasteiger partial charge in [-0.25, -0.2) is 9.37 Å². The van der Waals surface area contributed by atoms with E-state index in [1.54, 1.807) is 12.4 Å². The van der Waals surface area contributed by atoms with Gasteiger partial charge in [0.25, 0.3) is 0 Å². The van der Waals surface area contributed by atoms with Gasteiger partial charge in [-0.1, -0.05) is 6.07 Å². The summed E-state index contributed by atoms with van der Waals surface area (Å²) in [7, 11) is 0. The Balaban J connectivity index is 2.07. The van der Waals surface area contributed by atoms with Gasteiger partial charge in [0.2, 0.25) is 0 Å². The van der Waals surface area contributed by atoms with Crippen LogP contribution in [0.15, 0.2) is 24.5 Å². The molecule has 1 aliphatic rings. The average molecular weight is 245 g/mol. The first-order valence-corrected chi connectivity index (χ1v) is 6.33. The molecule has 0 saturated heterocycles. The van der Waals surface area contributed by atoms with Gasteiger partial charge < -0.3 is 10.3 Å². The molecule has 0 fully saturated rings. The lowest BCUT2D eigenvalue weighted by molar-refractivity contribution is 0.606. The third kappa shape index (κ3) is 1.82. The smallest absolute Gasteiger partial charge is 0.147 e. The van der Waals surface area contributed by atoms with E-state index in [-0.39, 0.29) is 5.82 Å². The van der Waals surface area contributed by atoms with E-state index in [2.05, 4.69) is 4.98 Å². The molecule has 2 N–H and O–H groups in total. The van der Waals surface area contributed by atoms with Gasteiger partial charge in [0.15, 0.2) is 0 Å². The summed E-state index contributed by atoms with van der Waals surface area (Å²) in [4.78, 5) is 4.39. The predicted molar refractivity (Wildman–Crippen MR) is 68.1 cm³/mol. The summed E-state index contributed by atoms with van der Waals surface area (Å²) in [5.74, 6) is -0.233. The molecule has 0 amide bonds. The van der Waals surface area contributed by atoms with Gasteiger partial charge in [0.05, 0.1) is 17.7 Å². The van der Waals surface area contributed by atoms with Crippen molar-refractivity contribution in [1.82, 2.24) is 9.55 Å². The number of hydrogen-bond donors (Lipinski definition) is 1. The van der Waals surface area contributed by atoms with Gasteiger partial charge >= 0.3 is 0 Å². The standard InChI is InChI=1S/C14H16FN3/c15-11-7-10(8-16)5-6-13(11)18-9-17-12-3-1-2-4-14(12)18/h5-7,9H,1-4,8,16H2. The highest BCUT2D eigenvalue weighted by atomic mass is 19.1. The van der Waals surface area contributed by atoms with Gasteiger partial charge in [0.1, 0.15) is 5.82 Å².